The Bertz CT molecular complexity index is 837. The van der Waals surface area contributed by atoms with Crippen LogP contribution in [-0.4, -0.2) is 24.1 Å². The highest BCUT2D eigenvalue weighted by atomic mass is 16.6. The van der Waals surface area contributed by atoms with Crippen molar-refractivity contribution in [3.05, 3.63) is 65.7 Å². The Morgan fingerprint density at radius 1 is 0.735 bits per heavy atom. The Hall–Kier alpha value is -2.82. The highest BCUT2D eigenvalue weighted by Gasteiger charge is 2.15. The number of rotatable bonds is 15. The van der Waals surface area contributed by atoms with E-state index in [0.717, 1.165) is 37.0 Å². The Balaban J connectivity index is 1.46. The van der Waals surface area contributed by atoms with E-state index in [1.54, 1.807) is 12.1 Å². The average Bonchev–Trinajstić information content (AvgIpc) is 2.81. The Labute approximate surface area is 204 Å². The van der Waals surface area contributed by atoms with E-state index >= 15 is 0 Å². The fourth-order valence-corrected chi connectivity index (χ4v) is 3.51. The summed E-state index contributed by atoms with van der Waals surface area (Å²) in [4.78, 5) is 23.8. The highest BCUT2D eigenvalue weighted by molar-refractivity contribution is 5.89. The summed E-state index contributed by atoms with van der Waals surface area (Å²) in [5.41, 5.74) is 1.10. The first kappa shape index (κ1) is 27.4. The number of benzene rings is 2. The fourth-order valence-electron chi connectivity index (χ4n) is 3.51. The van der Waals surface area contributed by atoms with E-state index in [-0.39, 0.29) is 24.1 Å². The van der Waals surface area contributed by atoms with Crippen molar-refractivity contribution in [1.29, 1.82) is 0 Å². The molecule has 0 saturated heterocycles. The van der Waals surface area contributed by atoms with Gasteiger partial charge in [-0.15, -0.1) is 0 Å². The maximum absolute atomic E-state index is 12.2. The third-order valence-corrected chi connectivity index (χ3v) is 5.27. The molecule has 0 radical (unpaired) electrons. The standard InChI is InChI=1S/C29H40O5/c1-29(2,3)34-27(30)17-13-8-6-4-5-7-9-14-22-32-26-20-18-25(19-21-26)28(31)33-23-24-15-11-10-12-16-24/h10-12,15-16,18-21H,4-9,13-14,17,22-23H2,1-3H3. The SMILES string of the molecule is CC(C)(C)OC(=O)CCCCCCCCCCOc1ccc(C(=O)OCc2ccccc2)cc1. The van der Waals surface area contributed by atoms with E-state index in [4.69, 9.17) is 14.2 Å². The van der Waals surface area contributed by atoms with E-state index in [1.807, 2.05) is 63.2 Å². The monoisotopic (exact) mass is 468 g/mol. The van der Waals surface area contributed by atoms with Gasteiger partial charge in [-0.05, 0) is 63.4 Å². The molecule has 5 nitrogen and oxygen atoms in total. The Kier molecular flexibility index (Phi) is 12.2. The molecule has 0 saturated carbocycles. The summed E-state index contributed by atoms with van der Waals surface area (Å²) >= 11 is 0. The molecule has 0 aromatic heterocycles. The number of esters is 2. The van der Waals surface area contributed by atoms with Crippen LogP contribution in [0.4, 0.5) is 0 Å². The minimum Gasteiger partial charge on any atom is -0.494 e. The van der Waals surface area contributed by atoms with Crippen LogP contribution in [0.25, 0.3) is 0 Å². The van der Waals surface area contributed by atoms with Gasteiger partial charge in [0.25, 0.3) is 0 Å². The molecule has 0 fully saturated rings. The maximum atomic E-state index is 12.2. The third kappa shape index (κ3) is 12.4. The van der Waals surface area contributed by atoms with E-state index < -0.39 is 0 Å². The van der Waals surface area contributed by atoms with Gasteiger partial charge in [-0.1, -0.05) is 68.9 Å². The molecule has 0 unspecified atom stereocenters. The second kappa shape index (κ2) is 15.2. The summed E-state index contributed by atoms with van der Waals surface area (Å²) in [7, 11) is 0. The van der Waals surface area contributed by atoms with Crippen LogP contribution in [0.3, 0.4) is 0 Å². The second-order valence-electron chi connectivity index (χ2n) is 9.60. The van der Waals surface area contributed by atoms with Gasteiger partial charge in [-0.3, -0.25) is 4.79 Å². The molecule has 0 aliphatic carbocycles. The molecular weight excluding hydrogens is 428 g/mol. The number of carbonyl (C=O) groups excluding carboxylic acids is 2. The van der Waals surface area contributed by atoms with Crippen molar-refractivity contribution < 1.29 is 23.8 Å². The van der Waals surface area contributed by atoms with Crippen LogP contribution in [0, 0.1) is 0 Å². The number of hydrogen-bond acceptors (Lipinski definition) is 5. The van der Waals surface area contributed by atoms with Crippen molar-refractivity contribution in [1.82, 2.24) is 0 Å². The van der Waals surface area contributed by atoms with Gasteiger partial charge in [0, 0.05) is 6.42 Å². The summed E-state index contributed by atoms with van der Waals surface area (Å²) in [5.74, 6) is 0.343. The van der Waals surface area contributed by atoms with E-state index in [0.29, 0.717) is 18.6 Å². The first-order chi connectivity index (χ1) is 16.3. The summed E-state index contributed by atoms with van der Waals surface area (Å²) in [5, 5.41) is 0. The molecule has 0 N–H and O–H groups in total. The van der Waals surface area contributed by atoms with Gasteiger partial charge < -0.3 is 14.2 Å². The van der Waals surface area contributed by atoms with Crippen molar-refractivity contribution >= 4 is 11.9 Å². The number of carbonyl (C=O) groups is 2. The van der Waals surface area contributed by atoms with E-state index in [9.17, 15) is 9.59 Å². The number of ether oxygens (including phenoxy) is 3. The van der Waals surface area contributed by atoms with Gasteiger partial charge in [0.1, 0.15) is 18.0 Å². The molecule has 186 valence electrons. The summed E-state index contributed by atoms with van der Waals surface area (Å²) in [6, 6.07) is 16.8. The predicted octanol–water partition coefficient (Wildman–Crippen LogP) is 7.28. The lowest BCUT2D eigenvalue weighted by molar-refractivity contribution is -0.154. The second-order valence-corrected chi connectivity index (χ2v) is 9.60. The third-order valence-electron chi connectivity index (χ3n) is 5.27. The van der Waals surface area contributed by atoms with E-state index in [1.165, 1.54) is 25.7 Å². The number of unbranched alkanes of at least 4 members (excludes halogenated alkanes) is 7. The number of hydrogen-bond donors (Lipinski definition) is 0. The van der Waals surface area contributed by atoms with Crippen molar-refractivity contribution in [3.63, 3.8) is 0 Å². The summed E-state index contributed by atoms with van der Waals surface area (Å²) in [6.07, 6.45) is 9.44. The highest BCUT2D eigenvalue weighted by Crippen LogP contribution is 2.16. The normalized spacial score (nSPS) is 11.1. The van der Waals surface area contributed by atoms with Crippen molar-refractivity contribution in [2.24, 2.45) is 0 Å². The lowest BCUT2D eigenvalue weighted by atomic mass is 10.1. The largest absolute Gasteiger partial charge is 0.494 e. The quantitative estimate of drug-likeness (QED) is 0.203. The Morgan fingerprint density at radius 3 is 1.94 bits per heavy atom. The van der Waals surface area contributed by atoms with Crippen LogP contribution in [0.5, 0.6) is 5.75 Å². The maximum Gasteiger partial charge on any atom is 0.338 e. The van der Waals surface area contributed by atoms with Crippen molar-refractivity contribution in [2.75, 3.05) is 6.61 Å². The van der Waals surface area contributed by atoms with Crippen molar-refractivity contribution in [2.45, 2.75) is 90.8 Å². The van der Waals surface area contributed by atoms with Crippen LogP contribution < -0.4 is 4.74 Å². The van der Waals surface area contributed by atoms with Gasteiger partial charge in [-0.2, -0.15) is 0 Å². The van der Waals surface area contributed by atoms with Gasteiger partial charge in [0.2, 0.25) is 0 Å². The smallest absolute Gasteiger partial charge is 0.338 e. The molecule has 2 aromatic carbocycles. The summed E-state index contributed by atoms with van der Waals surface area (Å²) in [6.45, 7) is 6.65. The molecule has 0 atom stereocenters. The Morgan fingerprint density at radius 2 is 1.32 bits per heavy atom. The zero-order valence-electron chi connectivity index (χ0n) is 21.0. The molecule has 5 heteroatoms. The average molecular weight is 469 g/mol. The molecule has 0 spiro atoms. The van der Waals surface area contributed by atoms with Crippen LogP contribution >= 0.6 is 0 Å². The molecule has 2 aromatic rings. The van der Waals surface area contributed by atoms with Crippen LogP contribution in [0.1, 0.15) is 94.5 Å². The molecule has 0 amide bonds. The van der Waals surface area contributed by atoms with Gasteiger partial charge in [0.15, 0.2) is 0 Å². The molecule has 0 aliphatic rings. The minimum atomic E-state index is -0.388. The lowest BCUT2D eigenvalue weighted by Gasteiger charge is -2.19. The first-order valence-corrected chi connectivity index (χ1v) is 12.5. The molecule has 0 heterocycles. The molecule has 0 bridgehead atoms. The van der Waals surface area contributed by atoms with Crippen LogP contribution in [0.15, 0.2) is 54.6 Å². The van der Waals surface area contributed by atoms with Gasteiger partial charge in [-0.25, -0.2) is 4.79 Å². The topological polar surface area (TPSA) is 61.8 Å². The van der Waals surface area contributed by atoms with Gasteiger partial charge >= 0.3 is 11.9 Å². The zero-order valence-corrected chi connectivity index (χ0v) is 21.0. The predicted molar refractivity (Wildman–Crippen MR) is 135 cm³/mol. The first-order valence-electron chi connectivity index (χ1n) is 12.5. The molecule has 0 aliphatic heterocycles. The van der Waals surface area contributed by atoms with E-state index in [2.05, 4.69) is 0 Å². The van der Waals surface area contributed by atoms with Crippen LogP contribution in [-0.2, 0) is 20.9 Å². The van der Waals surface area contributed by atoms with Gasteiger partial charge in [0.05, 0.1) is 12.2 Å². The zero-order chi connectivity index (χ0) is 24.7. The summed E-state index contributed by atoms with van der Waals surface area (Å²) < 4.78 is 16.5. The van der Waals surface area contributed by atoms with Crippen molar-refractivity contribution in [3.8, 4) is 5.75 Å². The van der Waals surface area contributed by atoms with Crippen LogP contribution in [0.2, 0.25) is 0 Å². The lowest BCUT2D eigenvalue weighted by Crippen LogP contribution is -2.23. The molecule has 2 rings (SSSR count). The fraction of sp³-hybridized carbons (Fsp3) is 0.517. The molecule has 34 heavy (non-hydrogen) atoms. The minimum absolute atomic E-state index is 0.0925. The molecular formula is C29H40O5.